The average Bonchev–Trinajstić information content (AvgIpc) is 2.65. The number of ether oxygens (including phenoxy) is 2. The van der Waals surface area contributed by atoms with Crippen LogP contribution in [0.4, 0.5) is 0 Å². The van der Waals surface area contributed by atoms with Gasteiger partial charge >= 0.3 is 5.97 Å². The van der Waals surface area contributed by atoms with E-state index in [0.29, 0.717) is 5.56 Å². The average molecular weight is 367 g/mol. The number of hydrogen-bond donors (Lipinski definition) is 1. The first kappa shape index (κ1) is 17.1. The summed E-state index contributed by atoms with van der Waals surface area (Å²) in [5, 5.41) is 22.3. The molecule has 0 radical (unpaired) electrons. The van der Waals surface area contributed by atoms with Crippen molar-refractivity contribution in [3.63, 3.8) is 0 Å². The molecule has 0 unspecified atom stereocenters. The molecule has 138 valence electrons. The Hall–Kier alpha value is -3.32. The maximum Gasteiger partial charge on any atom is 0.335 e. The van der Waals surface area contributed by atoms with Gasteiger partial charge in [0.25, 0.3) is 0 Å². The molecule has 0 aliphatic carbocycles. The van der Waals surface area contributed by atoms with E-state index in [-0.39, 0.29) is 47.0 Å². The van der Waals surface area contributed by atoms with E-state index in [9.17, 15) is 19.8 Å². The van der Waals surface area contributed by atoms with Crippen molar-refractivity contribution in [3.8, 4) is 22.8 Å². The maximum absolute atomic E-state index is 12.7. The first-order chi connectivity index (χ1) is 12.9. The highest BCUT2D eigenvalue weighted by atomic mass is 16.7. The van der Waals surface area contributed by atoms with Crippen molar-refractivity contribution in [3.05, 3.63) is 56.7 Å². The molecule has 1 aliphatic heterocycles. The molecule has 7 nitrogen and oxygen atoms in total. The minimum absolute atomic E-state index is 0.0449. The van der Waals surface area contributed by atoms with Crippen molar-refractivity contribution in [1.29, 1.82) is 0 Å². The zero-order valence-corrected chi connectivity index (χ0v) is 14.6. The summed E-state index contributed by atoms with van der Waals surface area (Å²) in [6, 6.07) is 6.00. The summed E-state index contributed by atoms with van der Waals surface area (Å²) in [6.45, 7) is 3.80. The van der Waals surface area contributed by atoms with Gasteiger partial charge in [0, 0.05) is 5.56 Å². The summed E-state index contributed by atoms with van der Waals surface area (Å²) in [6.07, 6.45) is 0. The second-order valence-electron chi connectivity index (χ2n) is 6.45. The van der Waals surface area contributed by atoms with Gasteiger partial charge in [0.1, 0.15) is 17.1 Å². The molecule has 0 spiro atoms. The van der Waals surface area contributed by atoms with Crippen molar-refractivity contribution < 1.29 is 28.9 Å². The van der Waals surface area contributed by atoms with Gasteiger partial charge in [-0.2, -0.15) is 0 Å². The van der Waals surface area contributed by atoms with Crippen LogP contribution in [0.1, 0.15) is 27.0 Å². The Morgan fingerprint density at radius 1 is 1.15 bits per heavy atom. The largest absolute Gasteiger partial charge is 0.867 e. The van der Waals surface area contributed by atoms with E-state index < -0.39 is 17.1 Å². The molecular formula is C20H15O7-. The predicted octanol–water partition coefficient (Wildman–Crippen LogP) is 2.72. The number of fused-ring (bicyclic) bond motifs is 2. The molecule has 7 heteroatoms. The number of aromatic carboxylic acids is 1. The second kappa shape index (κ2) is 6.14. The van der Waals surface area contributed by atoms with Gasteiger partial charge < -0.3 is 24.1 Å². The van der Waals surface area contributed by atoms with Gasteiger partial charge in [0.05, 0.1) is 23.1 Å². The van der Waals surface area contributed by atoms with Crippen LogP contribution in [0.5, 0.6) is 11.5 Å². The molecule has 0 bridgehead atoms. The van der Waals surface area contributed by atoms with Gasteiger partial charge in [-0.05, 0) is 55.0 Å². The lowest BCUT2D eigenvalue weighted by Crippen LogP contribution is -2.16. The Kier molecular flexibility index (Phi) is 3.89. The van der Waals surface area contributed by atoms with Gasteiger partial charge in [-0.25, -0.2) is 4.79 Å². The first-order valence-electron chi connectivity index (χ1n) is 8.23. The number of carboxylic acid groups (broad SMARTS) is 1. The van der Waals surface area contributed by atoms with Crippen molar-refractivity contribution in [2.24, 2.45) is 0 Å². The Bertz CT molecular complexity index is 1160. The summed E-state index contributed by atoms with van der Waals surface area (Å²) in [5.74, 6) is -1.97. The molecule has 0 saturated carbocycles. The summed E-state index contributed by atoms with van der Waals surface area (Å²) in [7, 11) is 0. The van der Waals surface area contributed by atoms with Crippen LogP contribution in [0.15, 0.2) is 33.5 Å². The number of benzene rings is 2. The third-order valence-corrected chi connectivity index (χ3v) is 4.67. The first-order valence-corrected chi connectivity index (χ1v) is 8.23. The van der Waals surface area contributed by atoms with Crippen LogP contribution in [0.3, 0.4) is 0 Å². The fourth-order valence-corrected chi connectivity index (χ4v) is 3.12. The Balaban J connectivity index is 2.06. The third-order valence-electron chi connectivity index (χ3n) is 4.67. The molecule has 2 aromatic carbocycles. The number of aryl methyl sites for hydroxylation is 2. The van der Waals surface area contributed by atoms with Gasteiger partial charge in [0.15, 0.2) is 12.2 Å². The quantitative estimate of drug-likeness (QED) is 0.741. The monoisotopic (exact) mass is 367 g/mol. The smallest absolute Gasteiger partial charge is 0.335 e. The Morgan fingerprint density at radius 2 is 1.89 bits per heavy atom. The molecular weight excluding hydrogens is 352 g/mol. The predicted molar refractivity (Wildman–Crippen MR) is 94.1 cm³/mol. The standard InChI is InChI=1S/C20H16O7/c1-9-3-13-15(4-10(9)2)27-19(17(22)16(13)21)14-6-11(20(23)24)5-12-7-25-8-26-18(12)14/h3-6,22H,7-8H2,1-2H3,(H,23,24)/p-1. The topological polar surface area (TPSA) is 109 Å². The highest BCUT2D eigenvalue weighted by Crippen LogP contribution is 2.40. The van der Waals surface area contributed by atoms with Crippen molar-refractivity contribution in [2.75, 3.05) is 6.79 Å². The van der Waals surface area contributed by atoms with Crippen LogP contribution in [0.2, 0.25) is 0 Å². The molecule has 3 aromatic rings. The Labute approximate surface area is 153 Å². The van der Waals surface area contributed by atoms with Crippen LogP contribution in [-0.2, 0) is 11.3 Å². The third kappa shape index (κ3) is 2.72. The molecule has 0 atom stereocenters. The number of hydrogen-bond acceptors (Lipinski definition) is 6. The van der Waals surface area contributed by atoms with Gasteiger partial charge in [0.2, 0.25) is 0 Å². The molecule has 0 amide bonds. The minimum atomic E-state index is -1.17. The second-order valence-corrected chi connectivity index (χ2v) is 6.45. The highest BCUT2D eigenvalue weighted by molar-refractivity contribution is 5.92. The van der Waals surface area contributed by atoms with E-state index in [4.69, 9.17) is 13.9 Å². The zero-order chi connectivity index (χ0) is 19.3. The lowest BCUT2D eigenvalue weighted by Gasteiger charge is -2.23. The summed E-state index contributed by atoms with van der Waals surface area (Å²) < 4.78 is 16.4. The lowest BCUT2D eigenvalue weighted by atomic mass is 10.00. The van der Waals surface area contributed by atoms with Crippen LogP contribution in [-0.4, -0.2) is 17.9 Å². The van der Waals surface area contributed by atoms with E-state index in [1.165, 1.54) is 12.1 Å². The normalized spacial score (nSPS) is 13.3. The van der Waals surface area contributed by atoms with E-state index >= 15 is 0 Å². The Morgan fingerprint density at radius 3 is 2.63 bits per heavy atom. The molecule has 27 heavy (non-hydrogen) atoms. The molecule has 0 fully saturated rings. The summed E-state index contributed by atoms with van der Waals surface area (Å²) >= 11 is 0. The number of carboxylic acids is 1. The van der Waals surface area contributed by atoms with Crippen LogP contribution >= 0.6 is 0 Å². The fraction of sp³-hybridized carbons (Fsp3) is 0.200. The summed E-state index contributed by atoms with van der Waals surface area (Å²) in [4.78, 5) is 24.1. The van der Waals surface area contributed by atoms with E-state index in [2.05, 4.69) is 0 Å². The number of rotatable bonds is 2. The lowest BCUT2D eigenvalue weighted by molar-refractivity contribution is -0.270. The fourth-order valence-electron chi connectivity index (χ4n) is 3.12. The SMILES string of the molecule is Cc1cc2oc(-c3cc(C(=O)O)cc4c3OCOC4)c([O-])c(=O)c2cc1C. The molecule has 1 aromatic heterocycles. The van der Waals surface area contributed by atoms with Crippen molar-refractivity contribution in [2.45, 2.75) is 20.5 Å². The summed E-state index contributed by atoms with van der Waals surface area (Å²) in [5.41, 5.74) is 1.89. The van der Waals surface area contributed by atoms with E-state index in [1.807, 2.05) is 13.8 Å². The van der Waals surface area contributed by atoms with Gasteiger partial charge in [-0.1, -0.05) is 0 Å². The maximum atomic E-state index is 12.7. The van der Waals surface area contributed by atoms with Gasteiger partial charge in [-0.15, -0.1) is 0 Å². The van der Waals surface area contributed by atoms with Gasteiger partial charge in [-0.3, -0.25) is 4.79 Å². The van der Waals surface area contributed by atoms with E-state index in [1.54, 1.807) is 12.1 Å². The molecule has 1 N–H and O–H groups in total. The van der Waals surface area contributed by atoms with Crippen LogP contribution < -0.4 is 15.3 Å². The van der Waals surface area contributed by atoms with Crippen molar-refractivity contribution in [1.82, 2.24) is 0 Å². The molecule has 0 saturated heterocycles. The zero-order valence-electron chi connectivity index (χ0n) is 14.6. The molecule has 2 heterocycles. The molecule has 1 aliphatic rings. The van der Waals surface area contributed by atoms with Crippen LogP contribution in [0, 0.1) is 13.8 Å². The highest BCUT2D eigenvalue weighted by Gasteiger charge is 2.23. The molecule has 4 rings (SSSR count). The minimum Gasteiger partial charge on any atom is -0.867 e. The van der Waals surface area contributed by atoms with Crippen molar-refractivity contribution >= 4 is 16.9 Å². The number of carbonyl (C=O) groups is 1. The van der Waals surface area contributed by atoms with Crippen LogP contribution in [0.25, 0.3) is 22.3 Å². The van der Waals surface area contributed by atoms with E-state index in [0.717, 1.165) is 11.1 Å².